The van der Waals surface area contributed by atoms with E-state index in [0.717, 1.165) is 12.1 Å². The third-order valence-electron chi connectivity index (χ3n) is 7.47. The van der Waals surface area contributed by atoms with E-state index in [4.69, 9.17) is 0 Å². The van der Waals surface area contributed by atoms with Gasteiger partial charge < -0.3 is 4.90 Å². The Morgan fingerprint density at radius 3 is 2.36 bits per heavy atom. The lowest BCUT2D eigenvalue weighted by atomic mass is 10.0. The van der Waals surface area contributed by atoms with Gasteiger partial charge >= 0.3 is 0 Å². The molecule has 5 rings (SSSR count). The van der Waals surface area contributed by atoms with Crippen LogP contribution in [0.25, 0.3) is 0 Å². The van der Waals surface area contributed by atoms with Crippen LogP contribution in [0.3, 0.4) is 0 Å². The molecule has 0 aliphatic carbocycles. The highest BCUT2D eigenvalue weighted by Gasteiger charge is 2.37. The van der Waals surface area contributed by atoms with Gasteiger partial charge in [0.2, 0.25) is 0 Å². The lowest BCUT2D eigenvalue weighted by Crippen LogP contribution is -2.35. The molecule has 3 nitrogen and oxygen atoms in total. The normalized spacial score (nSPS) is 30.9. The molecule has 0 saturated carbocycles. The standard InChI is InChI=1S/C20H32N2.C5H9N/c1-3-4-6-15-21(2)18-11-9-17(10-12-18)20-14-13-19-8-5-7-16-22(19)20;1-2-5-4-6(5)3-1/h9-12,19-20H,3-8,13-16H2,1-2H3;5H,1-4H2. The number of rotatable bonds is 6. The molecule has 1 aromatic carbocycles. The first-order valence-corrected chi connectivity index (χ1v) is 12.1. The fourth-order valence-corrected chi connectivity index (χ4v) is 5.60. The van der Waals surface area contributed by atoms with Crippen molar-refractivity contribution in [3.05, 3.63) is 29.8 Å². The summed E-state index contributed by atoms with van der Waals surface area (Å²) in [6.07, 6.45) is 13.9. The number of nitrogens with zero attached hydrogens (tertiary/aromatic N) is 3. The van der Waals surface area contributed by atoms with E-state index in [1.54, 1.807) is 0 Å². The molecule has 0 spiro atoms. The van der Waals surface area contributed by atoms with Crippen molar-refractivity contribution in [2.75, 3.05) is 38.1 Å². The van der Waals surface area contributed by atoms with Gasteiger partial charge in [0.05, 0.1) is 0 Å². The summed E-state index contributed by atoms with van der Waals surface area (Å²) in [5.74, 6) is 0. The molecule has 4 aliphatic rings. The molecule has 4 heterocycles. The van der Waals surface area contributed by atoms with Crippen molar-refractivity contribution < 1.29 is 0 Å². The number of anilines is 1. The average molecular weight is 384 g/mol. The maximum atomic E-state index is 2.78. The molecule has 4 saturated heterocycles. The second-order valence-corrected chi connectivity index (χ2v) is 9.49. The largest absolute Gasteiger partial charge is 0.375 e. The number of hydrogen-bond donors (Lipinski definition) is 0. The van der Waals surface area contributed by atoms with Crippen LogP contribution in [0.15, 0.2) is 24.3 Å². The molecule has 0 bridgehead atoms. The SMILES string of the molecule is C1CC2CN2C1.CCCCCN(C)c1ccc(C2CCC3CCCCN32)cc1. The van der Waals surface area contributed by atoms with Gasteiger partial charge in [-0.25, -0.2) is 0 Å². The summed E-state index contributed by atoms with van der Waals surface area (Å²) in [4.78, 5) is 7.71. The Morgan fingerprint density at radius 2 is 1.71 bits per heavy atom. The maximum absolute atomic E-state index is 2.78. The molecule has 156 valence electrons. The minimum Gasteiger partial charge on any atom is -0.375 e. The summed E-state index contributed by atoms with van der Waals surface area (Å²) in [6, 6.07) is 12.0. The summed E-state index contributed by atoms with van der Waals surface area (Å²) in [6.45, 7) is 7.56. The van der Waals surface area contributed by atoms with Crippen molar-refractivity contribution in [1.82, 2.24) is 9.80 Å². The summed E-state index contributed by atoms with van der Waals surface area (Å²) in [7, 11) is 2.22. The van der Waals surface area contributed by atoms with Crippen LogP contribution < -0.4 is 4.90 Å². The van der Waals surface area contributed by atoms with Crippen LogP contribution in [0.2, 0.25) is 0 Å². The zero-order valence-electron chi connectivity index (χ0n) is 18.3. The van der Waals surface area contributed by atoms with Crippen molar-refractivity contribution in [2.24, 2.45) is 0 Å². The summed E-state index contributed by atoms with van der Waals surface area (Å²) >= 11 is 0. The number of piperidine rings is 2. The summed E-state index contributed by atoms with van der Waals surface area (Å²) < 4.78 is 0. The molecule has 28 heavy (non-hydrogen) atoms. The van der Waals surface area contributed by atoms with E-state index in [1.807, 2.05) is 0 Å². The Morgan fingerprint density at radius 1 is 0.893 bits per heavy atom. The lowest BCUT2D eigenvalue weighted by Gasteiger charge is -2.34. The fraction of sp³-hybridized carbons (Fsp3) is 0.760. The topological polar surface area (TPSA) is 9.49 Å². The third kappa shape index (κ3) is 4.91. The monoisotopic (exact) mass is 383 g/mol. The predicted octanol–water partition coefficient (Wildman–Crippen LogP) is 5.47. The van der Waals surface area contributed by atoms with E-state index in [0.29, 0.717) is 6.04 Å². The van der Waals surface area contributed by atoms with Crippen molar-refractivity contribution in [1.29, 1.82) is 0 Å². The van der Waals surface area contributed by atoms with E-state index >= 15 is 0 Å². The zero-order valence-corrected chi connectivity index (χ0v) is 18.3. The third-order valence-corrected chi connectivity index (χ3v) is 7.47. The van der Waals surface area contributed by atoms with Gasteiger partial charge in [-0.3, -0.25) is 9.80 Å². The van der Waals surface area contributed by atoms with Gasteiger partial charge in [-0.05, 0) is 75.7 Å². The molecule has 4 unspecified atom stereocenters. The molecule has 4 aliphatic heterocycles. The molecular formula is C25H41N3. The van der Waals surface area contributed by atoms with Gasteiger partial charge in [0, 0.05) is 44.0 Å². The average Bonchev–Trinajstić information content (AvgIpc) is 3.14. The second-order valence-electron chi connectivity index (χ2n) is 9.49. The van der Waals surface area contributed by atoms with Gasteiger partial charge in [0.1, 0.15) is 0 Å². The number of hydrogen-bond acceptors (Lipinski definition) is 3. The summed E-state index contributed by atoms with van der Waals surface area (Å²) in [5.41, 5.74) is 2.91. The zero-order chi connectivity index (χ0) is 19.3. The Balaban J connectivity index is 0.000000268. The number of fused-ring (bicyclic) bond motifs is 2. The maximum Gasteiger partial charge on any atom is 0.0363 e. The Kier molecular flexibility index (Phi) is 6.95. The van der Waals surface area contributed by atoms with Crippen LogP contribution in [0.4, 0.5) is 5.69 Å². The Hall–Kier alpha value is -1.06. The van der Waals surface area contributed by atoms with E-state index in [9.17, 15) is 0 Å². The smallest absolute Gasteiger partial charge is 0.0363 e. The Bertz CT molecular complexity index is 590. The van der Waals surface area contributed by atoms with Crippen LogP contribution in [0, 0.1) is 0 Å². The predicted molar refractivity (Wildman–Crippen MR) is 120 cm³/mol. The van der Waals surface area contributed by atoms with Crippen LogP contribution in [-0.4, -0.2) is 55.1 Å². The van der Waals surface area contributed by atoms with Gasteiger partial charge in [0.25, 0.3) is 0 Å². The van der Waals surface area contributed by atoms with Gasteiger partial charge in [-0.15, -0.1) is 0 Å². The molecule has 4 atom stereocenters. The minimum absolute atomic E-state index is 0.685. The van der Waals surface area contributed by atoms with Gasteiger partial charge in [0.15, 0.2) is 0 Å². The molecule has 1 aromatic rings. The minimum atomic E-state index is 0.685. The van der Waals surface area contributed by atoms with E-state index in [-0.39, 0.29) is 0 Å². The lowest BCUT2D eigenvalue weighted by molar-refractivity contribution is 0.150. The van der Waals surface area contributed by atoms with Crippen molar-refractivity contribution in [2.45, 2.75) is 89.3 Å². The first-order chi connectivity index (χ1) is 13.8. The van der Waals surface area contributed by atoms with Crippen LogP contribution in [-0.2, 0) is 0 Å². The van der Waals surface area contributed by atoms with Crippen molar-refractivity contribution in [3.63, 3.8) is 0 Å². The molecule has 0 N–H and O–H groups in total. The van der Waals surface area contributed by atoms with Crippen LogP contribution >= 0.6 is 0 Å². The fourth-order valence-electron chi connectivity index (χ4n) is 5.60. The van der Waals surface area contributed by atoms with E-state index in [1.165, 1.54) is 102 Å². The highest BCUT2D eigenvalue weighted by Crippen LogP contribution is 2.40. The van der Waals surface area contributed by atoms with E-state index in [2.05, 4.69) is 52.9 Å². The van der Waals surface area contributed by atoms with Crippen molar-refractivity contribution >= 4 is 5.69 Å². The first kappa shape index (κ1) is 20.2. The second kappa shape index (κ2) is 9.63. The Labute approximate surface area is 173 Å². The van der Waals surface area contributed by atoms with Crippen molar-refractivity contribution in [3.8, 4) is 0 Å². The first-order valence-electron chi connectivity index (χ1n) is 12.1. The van der Waals surface area contributed by atoms with E-state index < -0.39 is 0 Å². The van der Waals surface area contributed by atoms with Crippen LogP contribution in [0.5, 0.6) is 0 Å². The molecule has 0 radical (unpaired) electrons. The molecular weight excluding hydrogens is 342 g/mol. The number of benzene rings is 1. The summed E-state index contributed by atoms with van der Waals surface area (Å²) in [5, 5.41) is 0. The molecule has 3 heteroatoms. The molecule has 0 aromatic heterocycles. The molecule has 0 amide bonds. The van der Waals surface area contributed by atoms with Gasteiger partial charge in [-0.1, -0.05) is 38.3 Å². The number of unbranched alkanes of at least 4 members (excludes halogenated alkanes) is 2. The molecule has 4 fully saturated rings. The quantitative estimate of drug-likeness (QED) is 0.476. The highest BCUT2D eigenvalue weighted by molar-refractivity contribution is 5.47. The highest BCUT2D eigenvalue weighted by atomic mass is 15.3. The van der Waals surface area contributed by atoms with Crippen LogP contribution in [0.1, 0.15) is 82.7 Å². The van der Waals surface area contributed by atoms with Gasteiger partial charge in [-0.2, -0.15) is 0 Å².